The molecular formula is C9H11F2N. The zero-order valence-electron chi connectivity index (χ0n) is 7.14. The van der Waals surface area contributed by atoms with Gasteiger partial charge >= 0.3 is 0 Å². The molecule has 66 valence electrons. The lowest BCUT2D eigenvalue weighted by Crippen LogP contribution is -2.07. The molecule has 0 bridgehead atoms. The average molecular weight is 171 g/mol. The van der Waals surface area contributed by atoms with Crippen LogP contribution in [0.1, 0.15) is 11.1 Å². The Bertz CT molecular complexity index is 271. The maximum atomic E-state index is 12.7. The topological polar surface area (TPSA) is 3.24 Å². The van der Waals surface area contributed by atoms with Crippen molar-refractivity contribution >= 4 is 0 Å². The van der Waals surface area contributed by atoms with E-state index in [1.54, 1.807) is 6.07 Å². The number of aryl methyl sites for hydroxylation is 1. The number of halogens is 2. The first kappa shape index (κ1) is 9.13. The first-order valence-corrected chi connectivity index (χ1v) is 3.71. The number of benzene rings is 1. The summed E-state index contributed by atoms with van der Waals surface area (Å²) in [5, 5.41) is 0.530. The smallest absolute Gasteiger partial charge is 0.123 e. The second-order valence-corrected chi connectivity index (χ2v) is 2.83. The van der Waals surface area contributed by atoms with E-state index in [0.29, 0.717) is 10.7 Å². The summed E-state index contributed by atoms with van der Waals surface area (Å²) in [5.41, 5.74) is 1.58. The van der Waals surface area contributed by atoms with E-state index in [-0.39, 0.29) is 12.4 Å². The van der Waals surface area contributed by atoms with Crippen molar-refractivity contribution in [2.75, 3.05) is 7.05 Å². The summed E-state index contributed by atoms with van der Waals surface area (Å²) in [6.45, 7) is 1.96. The maximum absolute atomic E-state index is 12.7. The minimum atomic E-state index is -0.322. The van der Waals surface area contributed by atoms with Crippen LogP contribution in [0.4, 0.5) is 8.87 Å². The summed E-state index contributed by atoms with van der Waals surface area (Å²) >= 11 is 0. The highest BCUT2D eigenvalue weighted by molar-refractivity contribution is 5.26. The van der Waals surface area contributed by atoms with Gasteiger partial charge in [-0.2, -0.15) is 0 Å². The molecule has 0 N–H and O–H groups in total. The molecule has 0 amide bonds. The monoisotopic (exact) mass is 171 g/mol. The third-order valence-corrected chi connectivity index (χ3v) is 1.70. The molecule has 0 heterocycles. The second-order valence-electron chi connectivity index (χ2n) is 2.83. The third kappa shape index (κ3) is 2.27. The minimum Gasteiger partial charge on any atom is -0.207 e. The van der Waals surface area contributed by atoms with Crippen molar-refractivity contribution < 1.29 is 8.87 Å². The summed E-state index contributed by atoms with van der Waals surface area (Å²) in [7, 11) is 1.31. The van der Waals surface area contributed by atoms with Crippen molar-refractivity contribution in [1.29, 1.82) is 0 Å². The number of hydrogen-bond donors (Lipinski definition) is 0. The summed E-state index contributed by atoms with van der Waals surface area (Å²) < 4.78 is 25.1. The van der Waals surface area contributed by atoms with Gasteiger partial charge in [0.1, 0.15) is 5.82 Å². The van der Waals surface area contributed by atoms with Gasteiger partial charge in [0, 0.05) is 7.05 Å². The molecule has 3 heteroatoms. The average Bonchev–Trinajstić information content (AvgIpc) is 1.96. The Morgan fingerprint density at radius 2 is 2.08 bits per heavy atom. The van der Waals surface area contributed by atoms with Crippen LogP contribution >= 0.6 is 0 Å². The van der Waals surface area contributed by atoms with Crippen molar-refractivity contribution in [2.24, 2.45) is 0 Å². The Balaban J connectivity index is 2.90. The molecule has 1 nitrogen and oxygen atoms in total. The van der Waals surface area contributed by atoms with Crippen molar-refractivity contribution in [2.45, 2.75) is 13.5 Å². The van der Waals surface area contributed by atoms with Crippen LogP contribution in [0.15, 0.2) is 18.2 Å². The van der Waals surface area contributed by atoms with Gasteiger partial charge in [0.25, 0.3) is 0 Å². The van der Waals surface area contributed by atoms with Crippen molar-refractivity contribution in [3.8, 4) is 0 Å². The van der Waals surface area contributed by atoms with E-state index < -0.39 is 0 Å². The molecule has 0 aliphatic heterocycles. The lowest BCUT2D eigenvalue weighted by molar-refractivity contribution is 0.0503. The van der Waals surface area contributed by atoms with Crippen molar-refractivity contribution in [3.63, 3.8) is 0 Å². The molecule has 0 aromatic heterocycles. The van der Waals surface area contributed by atoms with E-state index in [1.807, 2.05) is 6.92 Å². The Morgan fingerprint density at radius 1 is 1.42 bits per heavy atom. The Hall–Kier alpha value is -0.960. The van der Waals surface area contributed by atoms with Gasteiger partial charge in [-0.3, -0.25) is 0 Å². The zero-order chi connectivity index (χ0) is 9.14. The highest BCUT2D eigenvalue weighted by Gasteiger charge is 2.02. The van der Waals surface area contributed by atoms with Gasteiger partial charge in [0.15, 0.2) is 0 Å². The molecule has 12 heavy (non-hydrogen) atoms. The van der Waals surface area contributed by atoms with Gasteiger partial charge in [-0.05, 0) is 30.2 Å². The van der Waals surface area contributed by atoms with Crippen LogP contribution in [0.25, 0.3) is 0 Å². The SMILES string of the molecule is Cc1ccc(F)cc1CN(C)F. The Kier molecular flexibility index (Phi) is 2.76. The van der Waals surface area contributed by atoms with Crippen LogP contribution in [0, 0.1) is 12.7 Å². The lowest BCUT2D eigenvalue weighted by Gasteiger charge is -2.07. The van der Waals surface area contributed by atoms with E-state index in [1.165, 1.54) is 19.2 Å². The van der Waals surface area contributed by atoms with E-state index in [9.17, 15) is 8.87 Å². The van der Waals surface area contributed by atoms with E-state index in [4.69, 9.17) is 0 Å². The minimum absolute atomic E-state index is 0.129. The molecule has 0 spiro atoms. The molecule has 0 atom stereocenters. The molecule has 0 aliphatic carbocycles. The van der Waals surface area contributed by atoms with E-state index in [0.717, 1.165) is 5.56 Å². The van der Waals surface area contributed by atoms with Gasteiger partial charge in [0.05, 0.1) is 6.54 Å². The predicted octanol–water partition coefficient (Wildman–Crippen LogP) is 2.45. The fourth-order valence-corrected chi connectivity index (χ4v) is 1.05. The highest BCUT2D eigenvalue weighted by atomic mass is 19.2. The number of rotatable bonds is 2. The molecule has 0 saturated carbocycles. The fraction of sp³-hybridized carbons (Fsp3) is 0.333. The molecule has 1 rings (SSSR count). The first-order chi connectivity index (χ1) is 5.59. The van der Waals surface area contributed by atoms with Crippen molar-refractivity contribution in [3.05, 3.63) is 35.1 Å². The van der Waals surface area contributed by atoms with Crippen LogP contribution in [-0.2, 0) is 6.54 Å². The predicted molar refractivity (Wildman–Crippen MR) is 43.7 cm³/mol. The molecule has 0 aliphatic rings. The van der Waals surface area contributed by atoms with Crippen molar-refractivity contribution in [1.82, 2.24) is 5.12 Å². The van der Waals surface area contributed by atoms with Gasteiger partial charge < -0.3 is 0 Å². The largest absolute Gasteiger partial charge is 0.207 e. The summed E-state index contributed by atoms with van der Waals surface area (Å²) in [6, 6.07) is 4.37. The highest BCUT2D eigenvalue weighted by Crippen LogP contribution is 2.11. The molecule has 1 aromatic carbocycles. The van der Waals surface area contributed by atoms with Crippen LogP contribution < -0.4 is 0 Å². The number of hydrogen-bond acceptors (Lipinski definition) is 1. The summed E-state index contributed by atoms with van der Waals surface area (Å²) in [6.07, 6.45) is 0. The van der Waals surface area contributed by atoms with E-state index >= 15 is 0 Å². The molecule has 0 fully saturated rings. The zero-order valence-corrected chi connectivity index (χ0v) is 7.14. The Labute approximate surface area is 70.6 Å². The second kappa shape index (κ2) is 3.63. The maximum Gasteiger partial charge on any atom is 0.123 e. The van der Waals surface area contributed by atoms with Crippen LogP contribution in [0.2, 0.25) is 0 Å². The summed E-state index contributed by atoms with van der Waals surface area (Å²) in [5.74, 6) is -0.322. The summed E-state index contributed by atoms with van der Waals surface area (Å²) in [4.78, 5) is 0. The van der Waals surface area contributed by atoms with E-state index in [2.05, 4.69) is 0 Å². The third-order valence-electron chi connectivity index (χ3n) is 1.70. The molecule has 0 saturated heterocycles. The quantitative estimate of drug-likeness (QED) is 0.618. The molecular weight excluding hydrogens is 160 g/mol. The lowest BCUT2D eigenvalue weighted by atomic mass is 10.1. The van der Waals surface area contributed by atoms with Gasteiger partial charge in [-0.15, -0.1) is 9.60 Å². The Morgan fingerprint density at radius 3 is 2.67 bits per heavy atom. The fourth-order valence-electron chi connectivity index (χ4n) is 1.05. The van der Waals surface area contributed by atoms with Gasteiger partial charge in [-0.25, -0.2) is 4.39 Å². The molecule has 1 aromatic rings. The normalized spacial score (nSPS) is 10.8. The molecule has 0 radical (unpaired) electrons. The first-order valence-electron chi connectivity index (χ1n) is 3.71. The number of nitrogens with zero attached hydrogens (tertiary/aromatic N) is 1. The van der Waals surface area contributed by atoms with Gasteiger partial charge in [-0.1, -0.05) is 6.07 Å². The van der Waals surface area contributed by atoms with Crippen LogP contribution in [0.5, 0.6) is 0 Å². The molecule has 0 unspecified atom stereocenters. The van der Waals surface area contributed by atoms with Crippen LogP contribution in [0.3, 0.4) is 0 Å². The van der Waals surface area contributed by atoms with Crippen LogP contribution in [-0.4, -0.2) is 12.2 Å². The van der Waals surface area contributed by atoms with Gasteiger partial charge in [0.2, 0.25) is 0 Å². The standard InChI is InChI=1S/C9H11F2N/c1-7-3-4-9(10)5-8(7)6-12(2)11/h3-5H,6H2,1-2H3.